The van der Waals surface area contributed by atoms with E-state index in [-0.39, 0.29) is 5.41 Å². The van der Waals surface area contributed by atoms with Gasteiger partial charge in [0.15, 0.2) is 0 Å². The van der Waals surface area contributed by atoms with Crippen LogP contribution in [0.5, 0.6) is 0 Å². The molecule has 0 spiro atoms. The molecule has 2 rings (SSSR count). The van der Waals surface area contributed by atoms with E-state index in [1.54, 1.807) is 0 Å². The van der Waals surface area contributed by atoms with Gasteiger partial charge in [0.25, 0.3) is 0 Å². The summed E-state index contributed by atoms with van der Waals surface area (Å²) in [6.45, 7) is 13.7. The van der Waals surface area contributed by atoms with Gasteiger partial charge in [0.05, 0.1) is 38.4 Å². The largest absolute Gasteiger partial charge is 0.380 e. The Bertz CT molecular complexity index is 418. The smallest absolute Gasteiger partial charge is 0.103 e. The summed E-state index contributed by atoms with van der Waals surface area (Å²) in [5.74, 6) is 0. The Morgan fingerprint density at radius 3 is 2.34 bits per heavy atom. The molecule has 0 atom stereocenters. The minimum atomic E-state index is -0.588. The molecule has 2 heterocycles. The molecule has 0 amide bonds. The SMILES string of the molecule is CCCN(C)CCOCC1(CN(C)CCOCCCN2CCC(F)CC2)COC1. The molecule has 0 N–H and O–H groups in total. The second kappa shape index (κ2) is 13.9. The highest BCUT2D eigenvalue weighted by atomic mass is 19.1. The number of likely N-dealkylation sites (N-methyl/N-ethyl adjacent to an activating group) is 2. The number of piperidine rings is 1. The zero-order valence-electron chi connectivity index (χ0n) is 19.0. The minimum Gasteiger partial charge on any atom is -0.380 e. The summed E-state index contributed by atoms with van der Waals surface area (Å²) >= 11 is 0. The Labute approximate surface area is 177 Å². The van der Waals surface area contributed by atoms with Gasteiger partial charge in [-0.3, -0.25) is 0 Å². The number of hydrogen-bond acceptors (Lipinski definition) is 6. The summed E-state index contributed by atoms with van der Waals surface area (Å²) in [6, 6.07) is 0. The van der Waals surface area contributed by atoms with E-state index in [0.29, 0.717) is 12.8 Å². The third-order valence-corrected chi connectivity index (χ3v) is 5.95. The van der Waals surface area contributed by atoms with Crippen LogP contribution in [0, 0.1) is 5.41 Å². The van der Waals surface area contributed by atoms with E-state index >= 15 is 0 Å². The van der Waals surface area contributed by atoms with Crippen molar-refractivity contribution >= 4 is 0 Å². The number of alkyl halides is 1. The summed E-state index contributed by atoms with van der Waals surface area (Å²) in [7, 11) is 4.30. The van der Waals surface area contributed by atoms with Gasteiger partial charge >= 0.3 is 0 Å². The molecule has 2 fully saturated rings. The number of hydrogen-bond donors (Lipinski definition) is 0. The predicted molar refractivity (Wildman–Crippen MR) is 115 cm³/mol. The summed E-state index contributed by atoms with van der Waals surface area (Å²) in [4.78, 5) is 7.00. The van der Waals surface area contributed by atoms with Gasteiger partial charge in [0.2, 0.25) is 0 Å². The predicted octanol–water partition coefficient (Wildman–Crippen LogP) is 2.13. The standard InChI is InChI=1S/C22H44FN3O3/c1-4-8-24(2)12-16-28-18-22(19-29-20-22)17-25(3)13-15-27-14-5-9-26-10-6-21(23)7-11-26/h21H,4-20H2,1-3H3. The summed E-state index contributed by atoms with van der Waals surface area (Å²) < 4.78 is 30.4. The third-order valence-electron chi connectivity index (χ3n) is 5.95. The van der Waals surface area contributed by atoms with E-state index in [2.05, 4.69) is 35.7 Å². The molecule has 0 aromatic rings. The van der Waals surface area contributed by atoms with E-state index in [1.165, 1.54) is 6.42 Å². The van der Waals surface area contributed by atoms with Crippen molar-refractivity contribution in [1.29, 1.82) is 0 Å². The van der Waals surface area contributed by atoms with Gasteiger partial charge in [0.1, 0.15) is 6.17 Å². The number of likely N-dealkylation sites (tertiary alicyclic amines) is 1. The van der Waals surface area contributed by atoms with Crippen LogP contribution in [0.1, 0.15) is 32.6 Å². The normalized spacial score (nSPS) is 20.5. The van der Waals surface area contributed by atoms with E-state index in [1.807, 2.05) is 0 Å². The van der Waals surface area contributed by atoms with Crippen LogP contribution in [-0.4, -0.2) is 120 Å². The average Bonchev–Trinajstić information content (AvgIpc) is 2.67. The fraction of sp³-hybridized carbons (Fsp3) is 1.00. The Balaban J connectivity index is 1.48. The summed E-state index contributed by atoms with van der Waals surface area (Å²) in [5, 5.41) is 0. The Morgan fingerprint density at radius 2 is 1.69 bits per heavy atom. The lowest BCUT2D eigenvalue weighted by Crippen LogP contribution is -2.53. The lowest BCUT2D eigenvalue weighted by Gasteiger charge is -2.43. The van der Waals surface area contributed by atoms with Crippen LogP contribution in [-0.2, 0) is 14.2 Å². The monoisotopic (exact) mass is 417 g/mol. The maximum Gasteiger partial charge on any atom is 0.103 e. The van der Waals surface area contributed by atoms with Crippen LogP contribution in [0.2, 0.25) is 0 Å². The number of ether oxygens (including phenoxy) is 3. The molecule has 0 bridgehead atoms. The van der Waals surface area contributed by atoms with Crippen molar-refractivity contribution in [2.75, 3.05) is 99.5 Å². The molecule has 0 radical (unpaired) electrons. The second-order valence-electron chi connectivity index (χ2n) is 9.07. The lowest BCUT2D eigenvalue weighted by atomic mass is 9.86. The van der Waals surface area contributed by atoms with Crippen molar-refractivity contribution in [2.45, 2.75) is 38.8 Å². The Kier molecular flexibility index (Phi) is 11.9. The van der Waals surface area contributed by atoms with E-state index in [9.17, 15) is 4.39 Å². The van der Waals surface area contributed by atoms with Gasteiger partial charge in [-0.25, -0.2) is 4.39 Å². The van der Waals surface area contributed by atoms with Crippen molar-refractivity contribution in [3.05, 3.63) is 0 Å². The third kappa shape index (κ3) is 10.0. The molecule has 2 saturated heterocycles. The first kappa shape index (κ1) is 25.0. The van der Waals surface area contributed by atoms with Gasteiger partial charge in [-0.1, -0.05) is 6.92 Å². The van der Waals surface area contributed by atoms with Crippen molar-refractivity contribution in [2.24, 2.45) is 5.41 Å². The highest BCUT2D eigenvalue weighted by Crippen LogP contribution is 2.28. The van der Waals surface area contributed by atoms with Gasteiger partial charge in [-0.15, -0.1) is 0 Å². The molecule has 172 valence electrons. The van der Waals surface area contributed by atoms with Crippen molar-refractivity contribution in [3.63, 3.8) is 0 Å². The fourth-order valence-electron chi connectivity index (χ4n) is 4.10. The summed E-state index contributed by atoms with van der Waals surface area (Å²) in [6.07, 6.45) is 3.00. The molecule has 0 aromatic heterocycles. The van der Waals surface area contributed by atoms with Gasteiger partial charge in [0, 0.05) is 45.9 Å². The van der Waals surface area contributed by atoms with Crippen LogP contribution < -0.4 is 0 Å². The first-order valence-corrected chi connectivity index (χ1v) is 11.5. The molecule has 0 aromatic carbocycles. The highest BCUT2D eigenvalue weighted by Gasteiger charge is 2.39. The second-order valence-corrected chi connectivity index (χ2v) is 9.07. The zero-order chi connectivity index (χ0) is 21.0. The molecular weight excluding hydrogens is 373 g/mol. The molecule has 29 heavy (non-hydrogen) atoms. The van der Waals surface area contributed by atoms with Gasteiger partial charge < -0.3 is 28.9 Å². The summed E-state index contributed by atoms with van der Waals surface area (Å²) in [5.41, 5.74) is 0.140. The highest BCUT2D eigenvalue weighted by molar-refractivity contribution is 4.88. The molecule has 2 aliphatic heterocycles. The molecule has 2 aliphatic rings. The van der Waals surface area contributed by atoms with E-state index in [0.717, 1.165) is 91.9 Å². The molecule has 0 saturated carbocycles. The lowest BCUT2D eigenvalue weighted by molar-refractivity contribution is -0.158. The molecule has 0 unspecified atom stereocenters. The maximum atomic E-state index is 13.1. The van der Waals surface area contributed by atoms with Crippen LogP contribution in [0.3, 0.4) is 0 Å². The average molecular weight is 418 g/mol. The van der Waals surface area contributed by atoms with Crippen LogP contribution >= 0.6 is 0 Å². The van der Waals surface area contributed by atoms with E-state index in [4.69, 9.17) is 14.2 Å². The van der Waals surface area contributed by atoms with Crippen molar-refractivity contribution in [3.8, 4) is 0 Å². The number of nitrogens with zero attached hydrogens (tertiary/aromatic N) is 3. The van der Waals surface area contributed by atoms with Crippen LogP contribution in [0.4, 0.5) is 4.39 Å². The zero-order valence-corrected chi connectivity index (χ0v) is 19.0. The van der Waals surface area contributed by atoms with Gasteiger partial charge in [-0.05, 0) is 46.3 Å². The van der Waals surface area contributed by atoms with Crippen molar-refractivity contribution < 1.29 is 18.6 Å². The van der Waals surface area contributed by atoms with Crippen molar-refractivity contribution in [1.82, 2.24) is 14.7 Å². The molecule has 6 nitrogen and oxygen atoms in total. The molecule has 0 aliphatic carbocycles. The minimum absolute atomic E-state index is 0.140. The Hall–Kier alpha value is -0.310. The van der Waals surface area contributed by atoms with Crippen LogP contribution in [0.25, 0.3) is 0 Å². The molecular formula is C22H44FN3O3. The van der Waals surface area contributed by atoms with E-state index < -0.39 is 6.17 Å². The van der Waals surface area contributed by atoms with Gasteiger partial charge in [-0.2, -0.15) is 0 Å². The first-order chi connectivity index (χ1) is 14.0. The number of rotatable bonds is 16. The topological polar surface area (TPSA) is 37.4 Å². The van der Waals surface area contributed by atoms with Crippen LogP contribution in [0.15, 0.2) is 0 Å². The Morgan fingerprint density at radius 1 is 1.00 bits per heavy atom. The number of halogens is 1. The fourth-order valence-corrected chi connectivity index (χ4v) is 4.10. The maximum absolute atomic E-state index is 13.1. The quantitative estimate of drug-likeness (QED) is 0.358. The first-order valence-electron chi connectivity index (χ1n) is 11.5. The molecule has 7 heteroatoms.